The van der Waals surface area contributed by atoms with Gasteiger partial charge in [-0.3, -0.25) is 14.2 Å². The minimum atomic E-state index is -4.74. The van der Waals surface area contributed by atoms with Crippen molar-refractivity contribution < 1.29 is 27.5 Å². The fraction of sp³-hybridized carbons (Fsp3) is 0.500. The molecule has 4 heterocycles. The van der Waals surface area contributed by atoms with Crippen LogP contribution in [0.5, 0.6) is 0 Å². The number of rotatable bonds is 6. The number of benzene rings is 1. The van der Waals surface area contributed by atoms with Crippen molar-refractivity contribution in [3.8, 4) is 0 Å². The molecule has 2 N–H and O–H groups in total. The Balaban J connectivity index is 1.44. The maximum absolute atomic E-state index is 14.3. The van der Waals surface area contributed by atoms with Crippen LogP contribution in [0.15, 0.2) is 35.1 Å². The fourth-order valence-corrected chi connectivity index (χ4v) is 5.08. The summed E-state index contributed by atoms with van der Waals surface area (Å²) in [4.78, 5) is 45.0. The van der Waals surface area contributed by atoms with E-state index in [4.69, 9.17) is 4.74 Å². The van der Waals surface area contributed by atoms with Crippen LogP contribution in [0.3, 0.4) is 0 Å². The molecule has 1 aromatic carbocycles. The van der Waals surface area contributed by atoms with Crippen molar-refractivity contribution in [3.05, 3.63) is 46.2 Å². The highest BCUT2D eigenvalue weighted by molar-refractivity contribution is 6.00. The van der Waals surface area contributed by atoms with E-state index >= 15 is 0 Å². The molecule has 10 nitrogen and oxygen atoms in total. The van der Waals surface area contributed by atoms with Crippen molar-refractivity contribution in [3.63, 3.8) is 0 Å². The van der Waals surface area contributed by atoms with E-state index in [1.807, 2.05) is 4.90 Å². The van der Waals surface area contributed by atoms with Crippen LogP contribution in [0.2, 0.25) is 0 Å². The second kappa shape index (κ2) is 9.05. The van der Waals surface area contributed by atoms with Crippen molar-refractivity contribution in [2.45, 2.75) is 50.7 Å². The molecular formula is C24H27F3N6O4. The number of amides is 2. The summed E-state index contributed by atoms with van der Waals surface area (Å²) in [6.45, 7) is 2.84. The lowest BCUT2D eigenvalue weighted by molar-refractivity contribution is -0.181. The van der Waals surface area contributed by atoms with Gasteiger partial charge >= 0.3 is 12.2 Å². The summed E-state index contributed by atoms with van der Waals surface area (Å²) in [6, 6.07) is 6.71. The third-order valence-electron chi connectivity index (χ3n) is 7.19. The molecule has 1 aromatic heterocycles. The van der Waals surface area contributed by atoms with E-state index in [9.17, 15) is 27.6 Å². The molecule has 5 rings (SSSR count). The normalized spacial score (nSPS) is 24.4. The topological polar surface area (TPSA) is 109 Å². The highest BCUT2D eigenvalue weighted by Crippen LogP contribution is 2.44. The number of carbonyl (C=O) groups is 2. The summed E-state index contributed by atoms with van der Waals surface area (Å²) in [5, 5.41) is 5.17. The second-order valence-electron chi connectivity index (χ2n) is 9.68. The maximum atomic E-state index is 14.3. The predicted molar refractivity (Wildman–Crippen MR) is 129 cm³/mol. The Morgan fingerprint density at radius 3 is 2.57 bits per heavy atom. The smallest absolute Gasteiger partial charge is 0.374 e. The number of ketones is 1. The Morgan fingerprint density at radius 2 is 1.97 bits per heavy atom. The van der Waals surface area contributed by atoms with Crippen molar-refractivity contribution in [1.29, 1.82) is 0 Å². The number of aromatic nitrogens is 2. The monoisotopic (exact) mass is 520 g/mol. The Bertz CT molecular complexity index is 1280. The van der Waals surface area contributed by atoms with E-state index in [0.717, 1.165) is 22.8 Å². The molecule has 2 amide bonds. The third kappa shape index (κ3) is 4.41. The molecule has 198 valence electrons. The van der Waals surface area contributed by atoms with E-state index < -0.39 is 42.2 Å². The first-order valence-corrected chi connectivity index (χ1v) is 12.0. The van der Waals surface area contributed by atoms with E-state index in [-0.39, 0.29) is 29.5 Å². The SMILES string of the molecule is CCNC(=O)Nc1ccc(C(=O)CN2c3nc(N4C[C@@H]5C[C@H]4CO5)cc(=O)n3C[C@@]2(C)C(F)(F)F)cc1. The first-order valence-electron chi connectivity index (χ1n) is 12.0. The Hall–Kier alpha value is -3.61. The van der Waals surface area contributed by atoms with Gasteiger partial charge in [0.25, 0.3) is 5.56 Å². The number of morpholine rings is 1. The molecule has 2 bridgehead atoms. The lowest BCUT2D eigenvalue weighted by atomic mass is 9.99. The fourth-order valence-electron chi connectivity index (χ4n) is 5.08. The summed E-state index contributed by atoms with van der Waals surface area (Å²) in [5.74, 6) is -0.479. The molecule has 37 heavy (non-hydrogen) atoms. The van der Waals surface area contributed by atoms with Crippen molar-refractivity contribution in [2.24, 2.45) is 0 Å². The Morgan fingerprint density at radius 1 is 1.24 bits per heavy atom. The number of urea groups is 1. The number of anilines is 3. The number of hydrogen-bond donors (Lipinski definition) is 2. The van der Waals surface area contributed by atoms with Gasteiger partial charge in [-0.2, -0.15) is 18.2 Å². The highest BCUT2D eigenvalue weighted by atomic mass is 19.4. The summed E-state index contributed by atoms with van der Waals surface area (Å²) in [5.41, 5.74) is -2.52. The van der Waals surface area contributed by atoms with Gasteiger partial charge in [-0.15, -0.1) is 0 Å². The van der Waals surface area contributed by atoms with E-state index in [1.165, 1.54) is 30.3 Å². The van der Waals surface area contributed by atoms with Crippen molar-refractivity contribution in [2.75, 3.05) is 41.4 Å². The largest absolute Gasteiger partial charge is 0.413 e. The second-order valence-corrected chi connectivity index (χ2v) is 9.68. The van der Waals surface area contributed by atoms with E-state index in [0.29, 0.717) is 25.4 Å². The summed E-state index contributed by atoms with van der Waals surface area (Å²) in [7, 11) is 0. The standard InChI is InChI=1S/C24H27F3N6O4/c1-3-28-21(36)29-15-6-4-14(5-7-15)18(34)11-33-22-30-19(31-10-17-8-16(31)12-37-17)9-20(35)32(22)13-23(33,2)24(25,26)27/h4-7,9,16-17H,3,8,10-13H2,1-2H3,(H2,28,29,36)/t16-,17-,23-/m0/s1. The van der Waals surface area contributed by atoms with Gasteiger partial charge in [-0.1, -0.05) is 0 Å². The summed E-state index contributed by atoms with van der Waals surface area (Å²) < 4.78 is 49.6. The average Bonchev–Trinajstić information content (AvgIpc) is 3.54. The van der Waals surface area contributed by atoms with Gasteiger partial charge in [0.2, 0.25) is 5.95 Å². The number of halogens is 3. The van der Waals surface area contributed by atoms with E-state index in [1.54, 1.807) is 6.92 Å². The zero-order valence-corrected chi connectivity index (χ0v) is 20.3. The number of alkyl halides is 3. The van der Waals surface area contributed by atoms with Crippen LogP contribution in [0.4, 0.5) is 35.4 Å². The quantitative estimate of drug-likeness (QED) is 0.563. The first-order chi connectivity index (χ1) is 17.5. The molecule has 3 atom stereocenters. The van der Waals surface area contributed by atoms with Gasteiger partial charge in [-0.05, 0) is 44.5 Å². The molecule has 3 aliphatic rings. The lowest BCUT2D eigenvalue weighted by Gasteiger charge is -2.36. The molecule has 0 unspecified atom stereocenters. The third-order valence-corrected chi connectivity index (χ3v) is 7.19. The number of Topliss-reactive ketones (excluding diaryl/α,β-unsaturated/α-hetero) is 1. The first kappa shape index (κ1) is 25.1. The zero-order valence-electron chi connectivity index (χ0n) is 20.3. The maximum Gasteiger partial charge on any atom is 0.413 e. The van der Waals surface area contributed by atoms with Crippen LogP contribution in [0.1, 0.15) is 30.6 Å². The molecule has 2 saturated heterocycles. The number of nitrogens with zero attached hydrogens (tertiary/aromatic N) is 4. The zero-order chi connectivity index (χ0) is 26.5. The number of ether oxygens (including phenoxy) is 1. The molecule has 2 fully saturated rings. The van der Waals surface area contributed by atoms with Crippen LogP contribution in [-0.2, 0) is 11.3 Å². The molecular weight excluding hydrogens is 493 g/mol. The van der Waals surface area contributed by atoms with Gasteiger partial charge in [-0.25, -0.2) is 4.79 Å². The van der Waals surface area contributed by atoms with Gasteiger partial charge in [0, 0.05) is 30.4 Å². The molecule has 3 aliphatic heterocycles. The van der Waals surface area contributed by atoms with Crippen molar-refractivity contribution in [1.82, 2.24) is 14.9 Å². The van der Waals surface area contributed by atoms with Crippen LogP contribution in [-0.4, -0.2) is 71.5 Å². The summed E-state index contributed by atoms with van der Waals surface area (Å²) >= 11 is 0. The number of fused-ring (bicyclic) bond motifs is 3. The van der Waals surface area contributed by atoms with Crippen LogP contribution in [0.25, 0.3) is 0 Å². The minimum Gasteiger partial charge on any atom is -0.374 e. The van der Waals surface area contributed by atoms with Crippen LogP contribution >= 0.6 is 0 Å². The Labute approximate surface area is 210 Å². The molecule has 0 saturated carbocycles. The average molecular weight is 521 g/mol. The van der Waals surface area contributed by atoms with Gasteiger partial charge in [0.15, 0.2) is 11.3 Å². The predicted octanol–water partition coefficient (Wildman–Crippen LogP) is 2.39. The number of carbonyl (C=O) groups excluding carboxylic acids is 2. The minimum absolute atomic E-state index is 0.00596. The molecule has 2 aromatic rings. The van der Waals surface area contributed by atoms with Crippen LogP contribution < -0.4 is 26.0 Å². The van der Waals surface area contributed by atoms with Gasteiger partial charge in [0.1, 0.15) is 5.82 Å². The number of nitrogens with one attached hydrogen (secondary N) is 2. The molecule has 0 radical (unpaired) electrons. The van der Waals surface area contributed by atoms with Gasteiger partial charge in [0.05, 0.1) is 31.8 Å². The van der Waals surface area contributed by atoms with Gasteiger partial charge < -0.3 is 25.2 Å². The summed E-state index contributed by atoms with van der Waals surface area (Å²) in [6.07, 6.45) is -3.96. The molecule has 13 heteroatoms. The van der Waals surface area contributed by atoms with E-state index in [2.05, 4.69) is 15.6 Å². The van der Waals surface area contributed by atoms with Crippen molar-refractivity contribution >= 4 is 29.3 Å². The van der Waals surface area contributed by atoms with Crippen LogP contribution in [0, 0.1) is 0 Å². The molecule has 0 spiro atoms. The lowest BCUT2D eigenvalue weighted by Crippen LogP contribution is -2.57. The highest BCUT2D eigenvalue weighted by Gasteiger charge is 2.60. The Kier molecular flexibility index (Phi) is 6.13. The molecule has 0 aliphatic carbocycles. The number of hydrogen-bond acceptors (Lipinski definition) is 7.